The summed E-state index contributed by atoms with van der Waals surface area (Å²) in [6.45, 7) is 5.05. The van der Waals surface area contributed by atoms with Crippen LogP contribution in [0.5, 0.6) is 0 Å². The maximum Gasteiger partial charge on any atom is 0.228 e. The molecule has 0 saturated carbocycles. The third-order valence-electron chi connectivity index (χ3n) is 4.87. The lowest BCUT2D eigenvalue weighted by molar-refractivity contribution is -0.135. The van der Waals surface area contributed by atoms with Gasteiger partial charge in [0.2, 0.25) is 17.8 Å². The van der Waals surface area contributed by atoms with E-state index in [9.17, 15) is 9.59 Å². The minimum Gasteiger partial charge on any atom is -0.368 e. The average Bonchev–Trinajstić information content (AvgIpc) is 3.04. The van der Waals surface area contributed by atoms with E-state index in [-0.39, 0.29) is 30.1 Å². The van der Waals surface area contributed by atoms with E-state index in [2.05, 4.69) is 23.8 Å². The Balaban J connectivity index is 1.65. The highest BCUT2D eigenvalue weighted by Gasteiger charge is 2.36. The van der Waals surface area contributed by atoms with Gasteiger partial charge in [-0.1, -0.05) is 26.0 Å². The Bertz CT molecular complexity index is 817. The standard InChI is InChI=1S/C20H25N5O2/c1-13(2)15-4-6-17(7-5-15)25-12-16(8-18(25)26)19(27)24(3)11-14-9-22-20(21)23-10-14/h4-7,9-10,13,16H,8,11-12H2,1-3H3,(H2,21,22,23)/t16-/m1/s1. The average molecular weight is 367 g/mol. The molecule has 3 rings (SSSR count). The Morgan fingerprint density at radius 2 is 1.89 bits per heavy atom. The summed E-state index contributed by atoms with van der Waals surface area (Å²) in [5.41, 5.74) is 8.35. The summed E-state index contributed by atoms with van der Waals surface area (Å²) in [7, 11) is 1.73. The summed E-state index contributed by atoms with van der Waals surface area (Å²) in [5.74, 6) is 0.222. The Morgan fingerprint density at radius 3 is 2.48 bits per heavy atom. The highest BCUT2D eigenvalue weighted by Crippen LogP contribution is 2.28. The van der Waals surface area contributed by atoms with Gasteiger partial charge in [0.1, 0.15) is 0 Å². The van der Waals surface area contributed by atoms with Crippen molar-refractivity contribution >= 4 is 23.5 Å². The number of anilines is 2. The molecule has 1 aliphatic heterocycles. The Labute approximate surface area is 159 Å². The van der Waals surface area contributed by atoms with Crippen molar-refractivity contribution in [1.82, 2.24) is 14.9 Å². The minimum atomic E-state index is -0.345. The first-order chi connectivity index (χ1) is 12.8. The van der Waals surface area contributed by atoms with Crippen LogP contribution in [0.25, 0.3) is 0 Å². The van der Waals surface area contributed by atoms with Gasteiger partial charge in [-0.2, -0.15) is 0 Å². The number of rotatable bonds is 5. The number of hydrogen-bond donors (Lipinski definition) is 1. The first-order valence-corrected chi connectivity index (χ1v) is 9.07. The second-order valence-electron chi connectivity index (χ2n) is 7.30. The first-order valence-electron chi connectivity index (χ1n) is 9.07. The molecular formula is C20H25N5O2. The molecule has 2 heterocycles. The topological polar surface area (TPSA) is 92.4 Å². The van der Waals surface area contributed by atoms with Crippen molar-refractivity contribution in [1.29, 1.82) is 0 Å². The van der Waals surface area contributed by atoms with Gasteiger partial charge in [-0.15, -0.1) is 0 Å². The number of benzene rings is 1. The predicted octanol–water partition coefficient (Wildman–Crippen LogP) is 2.19. The summed E-state index contributed by atoms with van der Waals surface area (Å²) in [5, 5.41) is 0. The SMILES string of the molecule is CC(C)c1ccc(N2C[C@H](C(=O)N(C)Cc3cnc(N)nc3)CC2=O)cc1. The third-order valence-corrected chi connectivity index (χ3v) is 4.87. The van der Waals surface area contributed by atoms with Crippen molar-refractivity contribution in [2.45, 2.75) is 32.7 Å². The zero-order valence-corrected chi connectivity index (χ0v) is 15.9. The molecule has 0 radical (unpaired) electrons. The first kappa shape index (κ1) is 18.8. The van der Waals surface area contributed by atoms with Gasteiger partial charge in [0.25, 0.3) is 0 Å². The third kappa shape index (κ3) is 4.24. The fourth-order valence-electron chi connectivity index (χ4n) is 3.27. The van der Waals surface area contributed by atoms with Gasteiger partial charge in [0, 0.05) is 50.2 Å². The van der Waals surface area contributed by atoms with E-state index in [0.717, 1.165) is 11.3 Å². The van der Waals surface area contributed by atoms with Gasteiger partial charge in [-0.05, 0) is 23.6 Å². The summed E-state index contributed by atoms with van der Waals surface area (Å²) in [6.07, 6.45) is 3.44. The van der Waals surface area contributed by atoms with Crippen molar-refractivity contribution in [3.63, 3.8) is 0 Å². The molecular weight excluding hydrogens is 342 g/mol. The number of aromatic nitrogens is 2. The summed E-state index contributed by atoms with van der Waals surface area (Å²) in [6, 6.07) is 7.98. The number of amides is 2. The van der Waals surface area contributed by atoms with E-state index in [4.69, 9.17) is 5.73 Å². The summed E-state index contributed by atoms with van der Waals surface area (Å²) >= 11 is 0. The highest BCUT2D eigenvalue weighted by molar-refractivity contribution is 6.00. The molecule has 1 atom stereocenters. The number of nitrogen functional groups attached to an aromatic ring is 1. The van der Waals surface area contributed by atoms with E-state index in [1.165, 1.54) is 5.56 Å². The van der Waals surface area contributed by atoms with E-state index in [1.807, 2.05) is 24.3 Å². The number of carbonyl (C=O) groups is 2. The van der Waals surface area contributed by atoms with Crippen LogP contribution in [0.2, 0.25) is 0 Å². The molecule has 7 nitrogen and oxygen atoms in total. The molecule has 1 aliphatic rings. The van der Waals surface area contributed by atoms with Crippen molar-refractivity contribution in [3.8, 4) is 0 Å². The quantitative estimate of drug-likeness (QED) is 0.874. The second kappa shape index (κ2) is 7.73. The van der Waals surface area contributed by atoms with Gasteiger partial charge < -0.3 is 15.5 Å². The minimum absolute atomic E-state index is 0.0186. The molecule has 0 aliphatic carbocycles. The van der Waals surface area contributed by atoms with E-state index < -0.39 is 0 Å². The summed E-state index contributed by atoms with van der Waals surface area (Å²) < 4.78 is 0. The molecule has 1 saturated heterocycles. The van der Waals surface area contributed by atoms with Crippen LogP contribution < -0.4 is 10.6 Å². The number of nitrogens with two attached hydrogens (primary N) is 1. The smallest absolute Gasteiger partial charge is 0.228 e. The molecule has 142 valence electrons. The van der Waals surface area contributed by atoms with Gasteiger partial charge in [-0.3, -0.25) is 9.59 Å². The van der Waals surface area contributed by atoms with Crippen LogP contribution in [0, 0.1) is 5.92 Å². The van der Waals surface area contributed by atoms with Gasteiger partial charge in [-0.25, -0.2) is 9.97 Å². The highest BCUT2D eigenvalue weighted by atomic mass is 16.2. The fraction of sp³-hybridized carbons (Fsp3) is 0.400. The van der Waals surface area contributed by atoms with Crippen LogP contribution in [-0.2, 0) is 16.1 Å². The molecule has 2 aromatic rings. The van der Waals surface area contributed by atoms with Gasteiger partial charge in [0.05, 0.1) is 5.92 Å². The molecule has 0 spiro atoms. The van der Waals surface area contributed by atoms with E-state index in [1.54, 1.807) is 29.2 Å². The van der Waals surface area contributed by atoms with Crippen molar-refractivity contribution in [2.75, 3.05) is 24.2 Å². The van der Waals surface area contributed by atoms with Crippen LogP contribution >= 0.6 is 0 Å². The Hall–Kier alpha value is -2.96. The molecule has 1 fully saturated rings. The molecule has 0 bridgehead atoms. The zero-order valence-electron chi connectivity index (χ0n) is 15.9. The maximum absolute atomic E-state index is 12.8. The number of hydrogen-bond acceptors (Lipinski definition) is 5. The van der Waals surface area contributed by atoms with E-state index in [0.29, 0.717) is 19.0 Å². The van der Waals surface area contributed by atoms with Crippen LogP contribution in [0.3, 0.4) is 0 Å². The lowest BCUT2D eigenvalue weighted by atomic mass is 10.0. The predicted molar refractivity (Wildman–Crippen MR) is 104 cm³/mol. The molecule has 0 unspecified atom stereocenters. The van der Waals surface area contributed by atoms with Crippen molar-refractivity contribution in [2.24, 2.45) is 5.92 Å². The van der Waals surface area contributed by atoms with Gasteiger partial charge >= 0.3 is 0 Å². The molecule has 1 aromatic heterocycles. The van der Waals surface area contributed by atoms with Crippen molar-refractivity contribution < 1.29 is 9.59 Å². The second-order valence-corrected chi connectivity index (χ2v) is 7.30. The largest absolute Gasteiger partial charge is 0.368 e. The number of nitrogens with zero attached hydrogens (tertiary/aromatic N) is 4. The molecule has 2 N–H and O–H groups in total. The zero-order chi connectivity index (χ0) is 19.6. The van der Waals surface area contributed by atoms with Crippen molar-refractivity contribution in [3.05, 3.63) is 47.8 Å². The lowest BCUT2D eigenvalue weighted by Crippen LogP contribution is -2.34. The van der Waals surface area contributed by atoms with Crippen LogP contribution in [0.15, 0.2) is 36.7 Å². The van der Waals surface area contributed by atoms with E-state index >= 15 is 0 Å². The fourth-order valence-corrected chi connectivity index (χ4v) is 3.27. The Kier molecular flexibility index (Phi) is 5.39. The number of carbonyl (C=O) groups excluding carboxylic acids is 2. The van der Waals surface area contributed by atoms with Crippen LogP contribution in [-0.4, -0.2) is 40.3 Å². The summed E-state index contributed by atoms with van der Waals surface area (Å²) in [4.78, 5) is 36.4. The normalized spacial score (nSPS) is 16.8. The molecule has 2 amide bonds. The monoisotopic (exact) mass is 367 g/mol. The molecule has 27 heavy (non-hydrogen) atoms. The molecule has 1 aromatic carbocycles. The van der Waals surface area contributed by atoms with Crippen LogP contribution in [0.4, 0.5) is 11.6 Å². The Morgan fingerprint density at radius 1 is 1.26 bits per heavy atom. The molecule has 7 heteroatoms. The maximum atomic E-state index is 12.8. The van der Waals surface area contributed by atoms with Gasteiger partial charge in [0.15, 0.2) is 0 Å². The lowest BCUT2D eigenvalue weighted by Gasteiger charge is -2.21. The van der Waals surface area contributed by atoms with Crippen LogP contribution in [0.1, 0.15) is 37.3 Å².